The molecule has 3 heterocycles. The van der Waals surface area contributed by atoms with Crippen LogP contribution < -0.4 is 0 Å². The first-order valence-corrected chi connectivity index (χ1v) is 10.5. The third-order valence-corrected chi connectivity index (χ3v) is 5.62. The van der Waals surface area contributed by atoms with Crippen LogP contribution in [0.25, 0.3) is 0 Å². The summed E-state index contributed by atoms with van der Waals surface area (Å²) in [6.07, 6.45) is 2.64. The van der Waals surface area contributed by atoms with Crippen LogP contribution in [-0.2, 0) is 13.0 Å². The molecular formula is C23H41N3. The van der Waals surface area contributed by atoms with Crippen molar-refractivity contribution in [1.82, 2.24) is 14.7 Å². The lowest BCUT2D eigenvalue weighted by molar-refractivity contribution is 0.149. The van der Waals surface area contributed by atoms with Gasteiger partial charge in [0.15, 0.2) is 0 Å². The molecule has 26 heavy (non-hydrogen) atoms. The Morgan fingerprint density at radius 1 is 0.692 bits per heavy atom. The highest BCUT2D eigenvalue weighted by Crippen LogP contribution is 2.20. The maximum atomic E-state index is 2.41. The van der Waals surface area contributed by atoms with Crippen LogP contribution in [-0.4, -0.2) is 68.6 Å². The third kappa shape index (κ3) is 7.38. The minimum atomic E-state index is 0.786. The van der Waals surface area contributed by atoms with Crippen molar-refractivity contribution in [3.05, 3.63) is 35.4 Å². The predicted octanol–water partition coefficient (Wildman–Crippen LogP) is 3.84. The van der Waals surface area contributed by atoms with E-state index in [4.69, 9.17) is 0 Å². The van der Waals surface area contributed by atoms with Gasteiger partial charge in [-0.2, -0.15) is 0 Å². The van der Waals surface area contributed by atoms with E-state index in [-0.39, 0.29) is 0 Å². The van der Waals surface area contributed by atoms with Crippen LogP contribution in [0.15, 0.2) is 24.3 Å². The van der Waals surface area contributed by atoms with E-state index in [0.29, 0.717) is 0 Å². The summed E-state index contributed by atoms with van der Waals surface area (Å²) in [5.41, 5.74) is 3.05. The van der Waals surface area contributed by atoms with Gasteiger partial charge >= 0.3 is 0 Å². The van der Waals surface area contributed by atoms with E-state index in [1.54, 1.807) is 5.56 Å². The monoisotopic (exact) mass is 359 g/mol. The number of benzene rings is 1. The van der Waals surface area contributed by atoms with Gasteiger partial charge < -0.3 is 14.7 Å². The van der Waals surface area contributed by atoms with E-state index < -0.39 is 0 Å². The smallest absolute Gasteiger partial charge is 0.0233 e. The number of likely N-dealkylation sites (tertiary alicyclic amines) is 2. The zero-order chi connectivity index (χ0) is 19.1. The molecular weight excluding hydrogens is 318 g/mol. The average molecular weight is 360 g/mol. The summed E-state index contributed by atoms with van der Waals surface area (Å²) in [6, 6.07) is 8.81. The van der Waals surface area contributed by atoms with Crippen LogP contribution in [0.4, 0.5) is 0 Å². The maximum absolute atomic E-state index is 2.41. The van der Waals surface area contributed by atoms with Crippen LogP contribution in [0.2, 0.25) is 0 Å². The highest BCUT2D eigenvalue weighted by molar-refractivity contribution is 5.28. The Kier molecular flexibility index (Phi) is 8.59. The largest absolute Gasteiger partial charge is 0.306 e. The van der Waals surface area contributed by atoms with E-state index in [2.05, 4.69) is 80.9 Å². The number of hydrogen-bond acceptors (Lipinski definition) is 3. The fourth-order valence-corrected chi connectivity index (χ4v) is 4.40. The minimum absolute atomic E-state index is 0.786. The standard InChI is InChI=1S/C12H17N.C6H13N.C5H11N/c1-10-7-11-5-3-4-6-12(11)9-13(2)8-10;1-6-3-4-7(2)5-6;1-5-3-6(2)4-5/h3-6,10H,7-9H2,1-2H3;6H,3-5H2,1-2H3;5H,3-4H2,1-2H3. The fraction of sp³-hybridized carbons (Fsp3) is 0.739. The second-order valence-electron chi connectivity index (χ2n) is 9.26. The molecule has 3 aliphatic heterocycles. The van der Waals surface area contributed by atoms with Crippen molar-refractivity contribution in [1.29, 1.82) is 0 Å². The minimum Gasteiger partial charge on any atom is -0.306 e. The van der Waals surface area contributed by atoms with Gasteiger partial charge in [-0.05, 0) is 69.4 Å². The summed E-state index contributed by atoms with van der Waals surface area (Å²) in [5.74, 6) is 2.70. The molecule has 1 aromatic carbocycles. The highest BCUT2D eigenvalue weighted by atomic mass is 15.2. The van der Waals surface area contributed by atoms with E-state index in [9.17, 15) is 0 Å². The molecule has 3 nitrogen and oxygen atoms in total. The van der Waals surface area contributed by atoms with Crippen molar-refractivity contribution in [2.45, 2.75) is 40.2 Å². The molecule has 1 aromatic rings. The van der Waals surface area contributed by atoms with Crippen LogP contribution >= 0.6 is 0 Å². The lowest BCUT2D eigenvalue weighted by Crippen LogP contribution is -2.41. The Hall–Kier alpha value is -0.900. The van der Waals surface area contributed by atoms with Gasteiger partial charge in [-0.3, -0.25) is 0 Å². The second-order valence-corrected chi connectivity index (χ2v) is 9.26. The summed E-state index contributed by atoms with van der Waals surface area (Å²) in [5, 5.41) is 0. The van der Waals surface area contributed by atoms with Crippen LogP contribution in [0, 0.1) is 17.8 Å². The molecule has 148 valence electrons. The van der Waals surface area contributed by atoms with Crippen molar-refractivity contribution in [2.24, 2.45) is 17.8 Å². The van der Waals surface area contributed by atoms with Crippen LogP contribution in [0.1, 0.15) is 38.3 Å². The molecule has 0 N–H and O–H groups in total. The summed E-state index contributed by atoms with van der Waals surface area (Å²) in [7, 11) is 6.54. The number of nitrogens with zero attached hydrogens (tertiary/aromatic N) is 3. The zero-order valence-corrected chi connectivity index (χ0v) is 18.0. The summed E-state index contributed by atoms with van der Waals surface area (Å²) in [6.45, 7) is 14.5. The van der Waals surface area contributed by atoms with Gasteiger partial charge in [0.25, 0.3) is 0 Å². The Bertz CT molecular complexity index is 481. The molecule has 0 spiro atoms. The quantitative estimate of drug-likeness (QED) is 0.697. The van der Waals surface area contributed by atoms with Gasteiger partial charge in [-0.25, -0.2) is 0 Å². The second kappa shape index (κ2) is 10.4. The number of fused-ring (bicyclic) bond motifs is 1. The molecule has 2 atom stereocenters. The molecule has 4 rings (SSSR count). The molecule has 2 fully saturated rings. The van der Waals surface area contributed by atoms with E-state index in [1.165, 1.54) is 51.1 Å². The topological polar surface area (TPSA) is 9.72 Å². The summed E-state index contributed by atoms with van der Waals surface area (Å²) >= 11 is 0. The van der Waals surface area contributed by atoms with Crippen molar-refractivity contribution >= 4 is 0 Å². The van der Waals surface area contributed by atoms with Crippen molar-refractivity contribution in [3.63, 3.8) is 0 Å². The van der Waals surface area contributed by atoms with Gasteiger partial charge in [0.1, 0.15) is 0 Å². The first-order chi connectivity index (χ1) is 12.3. The molecule has 0 radical (unpaired) electrons. The summed E-state index contributed by atoms with van der Waals surface area (Å²) in [4.78, 5) is 7.12. The number of rotatable bonds is 0. The van der Waals surface area contributed by atoms with Crippen LogP contribution in [0.5, 0.6) is 0 Å². The van der Waals surface area contributed by atoms with Gasteiger partial charge in [-0.1, -0.05) is 45.0 Å². The fourth-order valence-electron chi connectivity index (χ4n) is 4.40. The van der Waals surface area contributed by atoms with E-state index >= 15 is 0 Å². The van der Waals surface area contributed by atoms with Crippen molar-refractivity contribution < 1.29 is 0 Å². The molecule has 0 aliphatic carbocycles. The molecule has 0 bridgehead atoms. The van der Waals surface area contributed by atoms with Gasteiger partial charge in [0.05, 0.1) is 0 Å². The lowest BCUT2D eigenvalue weighted by atomic mass is 9.99. The Morgan fingerprint density at radius 2 is 1.27 bits per heavy atom. The first kappa shape index (κ1) is 21.4. The predicted molar refractivity (Wildman–Crippen MR) is 114 cm³/mol. The normalized spacial score (nSPS) is 27.3. The molecule has 0 amide bonds. The zero-order valence-electron chi connectivity index (χ0n) is 18.0. The first-order valence-electron chi connectivity index (χ1n) is 10.5. The van der Waals surface area contributed by atoms with Gasteiger partial charge in [0, 0.05) is 32.7 Å². The van der Waals surface area contributed by atoms with Crippen molar-refractivity contribution in [2.75, 3.05) is 53.9 Å². The molecule has 3 aliphatic rings. The average Bonchev–Trinajstić information content (AvgIpc) is 2.85. The van der Waals surface area contributed by atoms with E-state index in [1.807, 2.05) is 0 Å². The summed E-state index contributed by atoms with van der Waals surface area (Å²) < 4.78 is 0. The Morgan fingerprint density at radius 3 is 1.69 bits per heavy atom. The van der Waals surface area contributed by atoms with Gasteiger partial charge in [0.2, 0.25) is 0 Å². The molecule has 3 heteroatoms. The molecule has 0 saturated carbocycles. The van der Waals surface area contributed by atoms with Gasteiger partial charge in [-0.15, -0.1) is 0 Å². The van der Waals surface area contributed by atoms with E-state index in [0.717, 1.165) is 24.3 Å². The lowest BCUT2D eigenvalue weighted by Gasteiger charge is -2.33. The maximum Gasteiger partial charge on any atom is 0.0233 e. The molecule has 2 saturated heterocycles. The Labute approximate surface area is 162 Å². The van der Waals surface area contributed by atoms with Crippen LogP contribution in [0.3, 0.4) is 0 Å². The Balaban J connectivity index is 0.000000157. The number of hydrogen-bond donors (Lipinski definition) is 0. The third-order valence-electron chi connectivity index (χ3n) is 5.62. The SMILES string of the molecule is CC1CCN(C)C1.CC1CN(C)C1.CC1Cc2ccccc2CN(C)C1. The molecule has 0 aromatic heterocycles. The van der Waals surface area contributed by atoms with Crippen molar-refractivity contribution in [3.8, 4) is 0 Å². The molecule has 2 unspecified atom stereocenters. The highest BCUT2D eigenvalue weighted by Gasteiger charge is 2.17.